The van der Waals surface area contributed by atoms with Gasteiger partial charge >= 0.3 is 6.03 Å². The van der Waals surface area contributed by atoms with E-state index in [2.05, 4.69) is 16.2 Å². The van der Waals surface area contributed by atoms with Gasteiger partial charge in [0.05, 0.1) is 6.42 Å². The highest BCUT2D eigenvalue weighted by Gasteiger charge is 2.17. The zero-order valence-corrected chi connectivity index (χ0v) is 13.3. The van der Waals surface area contributed by atoms with Gasteiger partial charge in [0.1, 0.15) is 5.82 Å². The Kier molecular flexibility index (Phi) is 6.53. The molecule has 0 atom stereocenters. The van der Waals surface area contributed by atoms with Crippen LogP contribution in [0.2, 0.25) is 0 Å². The summed E-state index contributed by atoms with van der Waals surface area (Å²) in [7, 11) is 0. The maximum absolute atomic E-state index is 12.8. The van der Waals surface area contributed by atoms with E-state index in [9.17, 15) is 18.8 Å². The number of carbonyl (C=O) groups excluding carboxylic acids is 3. The number of amides is 4. The molecule has 0 aliphatic carbocycles. The van der Waals surface area contributed by atoms with Crippen molar-refractivity contribution in [3.05, 3.63) is 35.6 Å². The molecule has 0 unspecified atom stereocenters. The van der Waals surface area contributed by atoms with E-state index < -0.39 is 11.9 Å². The van der Waals surface area contributed by atoms with E-state index in [-0.39, 0.29) is 31.1 Å². The smallest absolute Gasteiger partial charge is 0.333 e. The Labute approximate surface area is 139 Å². The number of benzene rings is 1. The Morgan fingerprint density at radius 1 is 1.04 bits per heavy atom. The van der Waals surface area contributed by atoms with E-state index >= 15 is 0 Å². The summed E-state index contributed by atoms with van der Waals surface area (Å²) in [6.07, 6.45) is 2.31. The van der Waals surface area contributed by atoms with E-state index in [0.717, 1.165) is 25.9 Å². The van der Waals surface area contributed by atoms with Crippen LogP contribution < -0.4 is 16.2 Å². The Balaban J connectivity index is 1.59. The quantitative estimate of drug-likeness (QED) is 0.692. The molecule has 3 N–H and O–H groups in total. The lowest BCUT2D eigenvalue weighted by molar-refractivity contribution is -0.130. The second kappa shape index (κ2) is 8.85. The minimum Gasteiger partial charge on any atom is -0.343 e. The third-order valence-electron chi connectivity index (χ3n) is 3.68. The monoisotopic (exact) mass is 336 g/mol. The van der Waals surface area contributed by atoms with Crippen molar-refractivity contribution in [3.63, 3.8) is 0 Å². The minimum absolute atomic E-state index is 0.0214. The molecule has 7 nitrogen and oxygen atoms in total. The summed E-state index contributed by atoms with van der Waals surface area (Å²) in [5.74, 6) is -0.779. The summed E-state index contributed by atoms with van der Waals surface area (Å²) in [6, 6.07) is 4.94. The molecule has 0 saturated carbocycles. The number of carbonyl (C=O) groups is 3. The SMILES string of the molecule is O=C(Cc1ccc(F)cc1)NNC(=O)NCCC(=O)N1CCCC1. The molecular weight excluding hydrogens is 315 g/mol. The van der Waals surface area contributed by atoms with E-state index in [1.165, 1.54) is 24.3 Å². The van der Waals surface area contributed by atoms with Crippen molar-refractivity contribution in [1.82, 2.24) is 21.1 Å². The number of hydrogen-bond donors (Lipinski definition) is 3. The van der Waals surface area contributed by atoms with E-state index in [1.54, 1.807) is 4.90 Å². The third kappa shape index (κ3) is 5.86. The van der Waals surface area contributed by atoms with Crippen LogP contribution in [-0.4, -0.2) is 42.4 Å². The van der Waals surface area contributed by atoms with Gasteiger partial charge in [0, 0.05) is 26.1 Å². The fraction of sp³-hybridized carbons (Fsp3) is 0.438. The number of likely N-dealkylation sites (tertiary alicyclic amines) is 1. The van der Waals surface area contributed by atoms with Crippen LogP contribution in [0.15, 0.2) is 24.3 Å². The van der Waals surface area contributed by atoms with Crippen LogP contribution in [0.5, 0.6) is 0 Å². The molecule has 0 radical (unpaired) electrons. The first-order valence-electron chi connectivity index (χ1n) is 7.89. The first-order valence-corrected chi connectivity index (χ1v) is 7.89. The zero-order chi connectivity index (χ0) is 17.4. The minimum atomic E-state index is -0.586. The van der Waals surface area contributed by atoms with Crippen molar-refractivity contribution < 1.29 is 18.8 Å². The molecule has 8 heteroatoms. The fourth-order valence-corrected chi connectivity index (χ4v) is 2.41. The van der Waals surface area contributed by atoms with E-state index in [0.29, 0.717) is 5.56 Å². The van der Waals surface area contributed by atoms with Gasteiger partial charge in [0.15, 0.2) is 0 Å². The highest BCUT2D eigenvalue weighted by atomic mass is 19.1. The number of hydrogen-bond acceptors (Lipinski definition) is 3. The van der Waals surface area contributed by atoms with E-state index in [4.69, 9.17) is 0 Å². The lowest BCUT2D eigenvalue weighted by atomic mass is 10.1. The molecule has 1 saturated heterocycles. The van der Waals surface area contributed by atoms with Gasteiger partial charge < -0.3 is 10.2 Å². The highest BCUT2D eigenvalue weighted by molar-refractivity contribution is 5.83. The third-order valence-corrected chi connectivity index (χ3v) is 3.68. The Hall–Kier alpha value is -2.64. The van der Waals surface area contributed by atoms with Crippen LogP contribution in [0.4, 0.5) is 9.18 Å². The number of halogens is 1. The van der Waals surface area contributed by atoms with Crippen molar-refractivity contribution in [2.45, 2.75) is 25.7 Å². The molecular formula is C16H21FN4O3. The van der Waals surface area contributed by atoms with Gasteiger partial charge in [-0.3, -0.25) is 15.0 Å². The Morgan fingerprint density at radius 3 is 2.38 bits per heavy atom. The van der Waals surface area contributed by atoms with Gasteiger partial charge in [-0.15, -0.1) is 0 Å². The van der Waals surface area contributed by atoms with Crippen LogP contribution >= 0.6 is 0 Å². The number of rotatable bonds is 5. The topological polar surface area (TPSA) is 90.5 Å². The van der Waals surface area contributed by atoms with Crippen molar-refractivity contribution in [2.24, 2.45) is 0 Å². The van der Waals surface area contributed by atoms with Gasteiger partial charge in [-0.2, -0.15) is 0 Å². The summed E-state index contributed by atoms with van der Waals surface area (Å²) in [5.41, 5.74) is 5.09. The predicted molar refractivity (Wildman–Crippen MR) is 85.2 cm³/mol. The molecule has 1 heterocycles. The second-order valence-corrected chi connectivity index (χ2v) is 5.57. The van der Waals surface area contributed by atoms with Crippen molar-refractivity contribution in [1.29, 1.82) is 0 Å². The largest absolute Gasteiger partial charge is 0.343 e. The number of nitrogens with zero attached hydrogens (tertiary/aromatic N) is 1. The molecule has 0 spiro atoms. The molecule has 0 aromatic heterocycles. The molecule has 24 heavy (non-hydrogen) atoms. The lowest BCUT2D eigenvalue weighted by Gasteiger charge is -2.15. The van der Waals surface area contributed by atoms with E-state index in [1.807, 2.05) is 0 Å². The Morgan fingerprint density at radius 2 is 1.71 bits per heavy atom. The summed E-state index contributed by atoms with van der Waals surface area (Å²) in [5, 5.41) is 2.50. The molecule has 130 valence electrons. The van der Waals surface area contributed by atoms with Crippen LogP contribution in [0.1, 0.15) is 24.8 Å². The fourth-order valence-electron chi connectivity index (χ4n) is 2.41. The second-order valence-electron chi connectivity index (χ2n) is 5.57. The van der Waals surface area contributed by atoms with Crippen LogP contribution in [0.25, 0.3) is 0 Å². The Bertz CT molecular complexity index is 585. The summed E-state index contributed by atoms with van der Waals surface area (Å²) >= 11 is 0. The molecule has 2 rings (SSSR count). The molecule has 1 aliphatic rings. The lowest BCUT2D eigenvalue weighted by Crippen LogP contribution is -2.48. The first-order chi connectivity index (χ1) is 11.5. The van der Waals surface area contributed by atoms with Gasteiger partial charge in [-0.1, -0.05) is 12.1 Å². The van der Waals surface area contributed by atoms with Crippen LogP contribution in [0.3, 0.4) is 0 Å². The first kappa shape index (κ1) is 17.7. The van der Waals surface area contributed by atoms with Crippen LogP contribution in [-0.2, 0) is 16.0 Å². The summed E-state index contributed by atoms with van der Waals surface area (Å²) in [6.45, 7) is 1.77. The molecule has 1 aliphatic heterocycles. The number of nitrogens with one attached hydrogen (secondary N) is 3. The predicted octanol–water partition coefficient (Wildman–Crippen LogP) is 0.711. The average molecular weight is 336 g/mol. The average Bonchev–Trinajstić information content (AvgIpc) is 3.10. The molecule has 4 amide bonds. The molecule has 1 fully saturated rings. The summed E-state index contributed by atoms with van der Waals surface area (Å²) in [4.78, 5) is 36.7. The maximum Gasteiger partial charge on any atom is 0.333 e. The molecule has 0 bridgehead atoms. The van der Waals surface area contributed by atoms with Gasteiger partial charge in [-0.25, -0.2) is 14.6 Å². The highest BCUT2D eigenvalue weighted by Crippen LogP contribution is 2.08. The zero-order valence-electron chi connectivity index (χ0n) is 13.3. The summed E-state index contributed by atoms with van der Waals surface area (Å²) < 4.78 is 12.8. The maximum atomic E-state index is 12.8. The van der Waals surface area contributed by atoms with Gasteiger partial charge in [0.25, 0.3) is 0 Å². The van der Waals surface area contributed by atoms with Crippen molar-refractivity contribution in [3.8, 4) is 0 Å². The van der Waals surface area contributed by atoms with Crippen LogP contribution in [0, 0.1) is 5.82 Å². The number of hydrazine groups is 1. The standard InChI is InChI=1S/C16H21FN4O3/c17-13-5-3-12(4-6-13)11-14(22)19-20-16(24)18-8-7-15(23)21-9-1-2-10-21/h3-6H,1-2,7-11H2,(H,19,22)(H2,18,20,24). The normalized spacial score (nSPS) is 13.5. The van der Waals surface area contributed by atoms with Gasteiger partial charge in [-0.05, 0) is 30.5 Å². The van der Waals surface area contributed by atoms with Crippen molar-refractivity contribution >= 4 is 17.8 Å². The number of urea groups is 1. The molecule has 1 aromatic carbocycles. The van der Waals surface area contributed by atoms with Gasteiger partial charge in [0.2, 0.25) is 11.8 Å². The van der Waals surface area contributed by atoms with Crippen molar-refractivity contribution in [2.75, 3.05) is 19.6 Å². The molecule has 1 aromatic rings.